The molecule has 1 aliphatic carbocycles. The number of fused-ring (bicyclic) bond motifs is 1. The Kier molecular flexibility index (Phi) is 8.87. The molecule has 1 heterocycles. The average molecular weight is 506 g/mol. The Labute approximate surface area is 209 Å². The summed E-state index contributed by atoms with van der Waals surface area (Å²) in [6.07, 6.45) is 3.41. The fourth-order valence-corrected chi connectivity index (χ4v) is 4.26. The predicted molar refractivity (Wildman–Crippen MR) is 134 cm³/mol. The second-order valence-corrected chi connectivity index (χ2v) is 9.88. The van der Waals surface area contributed by atoms with Crippen LogP contribution in [0.1, 0.15) is 63.5 Å². The number of halogens is 3. The summed E-state index contributed by atoms with van der Waals surface area (Å²) in [7, 11) is 1.35. The standard InChI is InChI=1S/C19H18F3N3O3.C8H16/c1-11-9-15-16(10-12(11)3-8-17(26)27-2)25-18(24-15)23-13-4-6-14(7-5-13)28-19(20,21)22;1-8(2)6-4-3-5-7-8/h4-7,9-10H,3,8H2,1-2H3,(H2,23,24,25);3-7H2,1-2H3. The van der Waals surface area contributed by atoms with Crippen LogP contribution in [0.5, 0.6) is 5.75 Å². The number of aryl methyl sites for hydroxylation is 2. The predicted octanol–water partition coefficient (Wildman–Crippen LogP) is 7.60. The first-order valence-corrected chi connectivity index (χ1v) is 12.1. The first-order valence-electron chi connectivity index (χ1n) is 12.1. The number of anilines is 2. The Morgan fingerprint density at radius 3 is 2.33 bits per heavy atom. The molecule has 36 heavy (non-hydrogen) atoms. The number of alkyl halides is 3. The van der Waals surface area contributed by atoms with Crippen molar-refractivity contribution in [2.24, 2.45) is 5.41 Å². The third-order valence-electron chi connectivity index (χ3n) is 6.32. The Morgan fingerprint density at radius 2 is 1.78 bits per heavy atom. The molecule has 0 amide bonds. The Bertz CT molecular complexity index is 1150. The third-order valence-corrected chi connectivity index (χ3v) is 6.32. The van der Waals surface area contributed by atoms with E-state index < -0.39 is 6.36 Å². The maximum absolute atomic E-state index is 12.2. The van der Waals surface area contributed by atoms with Gasteiger partial charge >= 0.3 is 12.3 Å². The van der Waals surface area contributed by atoms with Crippen LogP contribution >= 0.6 is 0 Å². The van der Waals surface area contributed by atoms with Gasteiger partial charge < -0.3 is 19.8 Å². The van der Waals surface area contributed by atoms with E-state index in [1.54, 1.807) is 0 Å². The molecule has 3 aromatic rings. The number of H-pyrrole nitrogens is 1. The number of aromatic nitrogens is 2. The topological polar surface area (TPSA) is 76.2 Å². The van der Waals surface area contributed by atoms with E-state index in [1.807, 2.05) is 19.1 Å². The van der Waals surface area contributed by atoms with Gasteiger partial charge in [0.25, 0.3) is 0 Å². The zero-order valence-corrected chi connectivity index (χ0v) is 21.2. The van der Waals surface area contributed by atoms with E-state index in [9.17, 15) is 18.0 Å². The SMILES string of the molecule is CC1(C)CCCCC1.COC(=O)CCc1cc2nc(Nc3ccc(OC(F)(F)F)cc3)[nH]c2cc1C. The Hall–Kier alpha value is -3.23. The highest BCUT2D eigenvalue weighted by atomic mass is 19.4. The van der Waals surface area contributed by atoms with Gasteiger partial charge in [-0.2, -0.15) is 0 Å². The number of rotatable bonds is 6. The number of benzene rings is 2. The van der Waals surface area contributed by atoms with Crippen LogP contribution in [0.25, 0.3) is 11.0 Å². The third kappa shape index (κ3) is 8.46. The number of ether oxygens (including phenoxy) is 2. The van der Waals surface area contributed by atoms with Gasteiger partial charge in [0.15, 0.2) is 0 Å². The van der Waals surface area contributed by atoms with Gasteiger partial charge in [0.1, 0.15) is 5.75 Å². The van der Waals surface area contributed by atoms with Crippen molar-refractivity contribution in [3.05, 3.63) is 47.5 Å². The van der Waals surface area contributed by atoms with Gasteiger partial charge in [0.2, 0.25) is 5.95 Å². The van der Waals surface area contributed by atoms with Crippen molar-refractivity contribution in [3.8, 4) is 5.75 Å². The molecule has 0 saturated heterocycles. The van der Waals surface area contributed by atoms with Gasteiger partial charge in [0.05, 0.1) is 18.1 Å². The molecular weight excluding hydrogens is 471 g/mol. The van der Waals surface area contributed by atoms with Crippen LogP contribution in [0.2, 0.25) is 0 Å². The second-order valence-electron chi connectivity index (χ2n) is 9.88. The number of carbonyl (C=O) groups excluding carboxylic acids is 1. The first kappa shape index (κ1) is 27.4. The smallest absolute Gasteiger partial charge is 0.469 e. The van der Waals surface area contributed by atoms with E-state index in [4.69, 9.17) is 0 Å². The van der Waals surface area contributed by atoms with Crippen LogP contribution in [0, 0.1) is 12.3 Å². The van der Waals surface area contributed by atoms with Crippen LogP contribution < -0.4 is 10.1 Å². The number of hydrogen-bond donors (Lipinski definition) is 2. The van der Waals surface area contributed by atoms with Crippen LogP contribution in [0.4, 0.5) is 24.8 Å². The molecule has 1 aromatic heterocycles. The van der Waals surface area contributed by atoms with E-state index in [1.165, 1.54) is 63.5 Å². The van der Waals surface area contributed by atoms with Crippen molar-refractivity contribution in [1.82, 2.24) is 9.97 Å². The fourth-order valence-electron chi connectivity index (χ4n) is 4.26. The minimum Gasteiger partial charge on any atom is -0.469 e. The largest absolute Gasteiger partial charge is 0.573 e. The van der Waals surface area contributed by atoms with Crippen LogP contribution in [-0.2, 0) is 16.0 Å². The highest BCUT2D eigenvalue weighted by Gasteiger charge is 2.31. The summed E-state index contributed by atoms with van der Waals surface area (Å²) < 4.78 is 45.1. The number of imidazole rings is 1. The molecule has 1 aliphatic rings. The number of nitrogens with one attached hydrogen (secondary N) is 2. The summed E-state index contributed by atoms with van der Waals surface area (Å²) in [5.41, 5.74) is 4.75. The fraction of sp³-hybridized carbons (Fsp3) is 0.481. The molecule has 0 unspecified atom stereocenters. The maximum Gasteiger partial charge on any atom is 0.573 e. The number of esters is 1. The summed E-state index contributed by atoms with van der Waals surface area (Å²) in [5.74, 6) is -0.126. The minimum absolute atomic E-state index is 0.276. The molecule has 6 nitrogen and oxygen atoms in total. The van der Waals surface area contributed by atoms with Gasteiger partial charge in [-0.1, -0.05) is 33.1 Å². The molecule has 9 heteroatoms. The van der Waals surface area contributed by atoms with E-state index in [2.05, 4.69) is 38.6 Å². The van der Waals surface area contributed by atoms with Crippen molar-refractivity contribution >= 4 is 28.6 Å². The van der Waals surface area contributed by atoms with Crippen molar-refractivity contribution in [1.29, 1.82) is 0 Å². The highest BCUT2D eigenvalue weighted by molar-refractivity contribution is 5.80. The van der Waals surface area contributed by atoms with Crippen molar-refractivity contribution in [2.45, 2.75) is 72.1 Å². The van der Waals surface area contributed by atoms with Gasteiger partial charge in [-0.3, -0.25) is 4.79 Å². The monoisotopic (exact) mass is 505 g/mol. The lowest BCUT2D eigenvalue weighted by Crippen LogP contribution is -2.16. The molecule has 1 fully saturated rings. The molecule has 196 valence electrons. The van der Waals surface area contributed by atoms with E-state index in [0.717, 1.165) is 16.6 Å². The van der Waals surface area contributed by atoms with E-state index >= 15 is 0 Å². The van der Waals surface area contributed by atoms with Gasteiger partial charge in [0, 0.05) is 12.1 Å². The summed E-state index contributed by atoms with van der Waals surface area (Å²) in [6, 6.07) is 9.18. The first-order chi connectivity index (χ1) is 16.9. The van der Waals surface area contributed by atoms with Crippen molar-refractivity contribution in [3.63, 3.8) is 0 Å². The molecule has 4 rings (SSSR count). The summed E-state index contributed by atoms with van der Waals surface area (Å²) in [4.78, 5) is 18.9. The number of aromatic amines is 1. The lowest BCUT2D eigenvalue weighted by molar-refractivity contribution is -0.274. The quantitative estimate of drug-likeness (QED) is 0.338. The summed E-state index contributed by atoms with van der Waals surface area (Å²) in [6.45, 7) is 6.71. The van der Waals surface area contributed by atoms with Crippen molar-refractivity contribution in [2.75, 3.05) is 12.4 Å². The zero-order valence-electron chi connectivity index (χ0n) is 21.2. The molecule has 0 bridgehead atoms. The van der Waals surface area contributed by atoms with E-state index in [0.29, 0.717) is 29.0 Å². The Morgan fingerprint density at radius 1 is 1.11 bits per heavy atom. The number of hydrogen-bond acceptors (Lipinski definition) is 5. The second kappa shape index (κ2) is 11.7. The Balaban J connectivity index is 0.000000383. The van der Waals surface area contributed by atoms with E-state index in [-0.39, 0.29) is 18.1 Å². The number of carbonyl (C=O) groups is 1. The molecule has 0 atom stereocenters. The van der Waals surface area contributed by atoms with Crippen molar-refractivity contribution < 1.29 is 27.4 Å². The van der Waals surface area contributed by atoms with Crippen LogP contribution in [-0.4, -0.2) is 29.4 Å². The molecular formula is C27H34F3N3O3. The molecule has 0 spiro atoms. The summed E-state index contributed by atoms with van der Waals surface area (Å²) >= 11 is 0. The molecule has 2 aromatic carbocycles. The average Bonchev–Trinajstić information content (AvgIpc) is 3.18. The van der Waals surface area contributed by atoms with Crippen LogP contribution in [0.3, 0.4) is 0 Å². The minimum atomic E-state index is -4.73. The molecule has 2 N–H and O–H groups in total. The van der Waals surface area contributed by atoms with Gasteiger partial charge in [-0.15, -0.1) is 13.2 Å². The van der Waals surface area contributed by atoms with Gasteiger partial charge in [-0.25, -0.2) is 4.98 Å². The molecule has 1 saturated carbocycles. The zero-order chi connectivity index (χ0) is 26.3. The van der Waals surface area contributed by atoms with Crippen LogP contribution in [0.15, 0.2) is 36.4 Å². The lowest BCUT2D eigenvalue weighted by atomic mass is 9.78. The normalized spacial score (nSPS) is 15.1. The number of nitrogens with zero attached hydrogens (tertiary/aromatic N) is 1. The summed E-state index contributed by atoms with van der Waals surface area (Å²) in [5, 5.41) is 3.00. The lowest BCUT2D eigenvalue weighted by Gasteiger charge is -2.28. The molecule has 0 aliphatic heterocycles. The molecule has 0 radical (unpaired) electrons. The number of methoxy groups -OCH3 is 1. The van der Waals surface area contributed by atoms with Gasteiger partial charge in [-0.05, 0) is 79.1 Å². The maximum atomic E-state index is 12.2. The highest BCUT2D eigenvalue weighted by Crippen LogP contribution is 2.34.